The first kappa shape index (κ1) is 71.3. The van der Waals surface area contributed by atoms with Gasteiger partial charge in [0.2, 0.25) is 5.91 Å². The molecule has 0 spiro atoms. The van der Waals surface area contributed by atoms with Crippen molar-refractivity contribution >= 4 is 58.9 Å². The van der Waals surface area contributed by atoms with Crippen LogP contribution in [0.3, 0.4) is 0 Å². The summed E-state index contributed by atoms with van der Waals surface area (Å²) >= 11 is 0. The lowest BCUT2D eigenvalue weighted by atomic mass is 10.0. The van der Waals surface area contributed by atoms with E-state index in [9.17, 15) is 47.9 Å². The Morgan fingerprint density at radius 1 is 0.387 bits per heavy atom. The number of nitrogens with one attached hydrogen (secondary N) is 9. The lowest BCUT2D eigenvalue weighted by molar-refractivity contribution is -0.121. The van der Waals surface area contributed by atoms with E-state index in [0.717, 1.165) is 0 Å². The van der Waals surface area contributed by atoms with Gasteiger partial charge in [-0.1, -0.05) is 24.3 Å². The van der Waals surface area contributed by atoms with Gasteiger partial charge >= 0.3 is 0 Å². The number of unbranched alkanes of at least 4 members (excludes halogenated alkanes) is 1. The predicted octanol–water partition coefficient (Wildman–Crippen LogP) is 1.32. The number of nitrogens with zero attached hydrogens (tertiary/aromatic N) is 4. The molecule has 4 aromatic carbocycles. The minimum absolute atomic E-state index is 0.00191. The molecule has 93 heavy (non-hydrogen) atoms. The van der Waals surface area contributed by atoms with Gasteiger partial charge in [0.25, 0.3) is 47.3 Å². The number of benzene rings is 4. The van der Waals surface area contributed by atoms with Crippen LogP contribution in [0, 0.1) is 0 Å². The fraction of sp³-hybridized carbons (Fsp3) is 0.485. The van der Waals surface area contributed by atoms with E-state index in [-0.39, 0.29) is 190 Å². The number of Topliss-reactive ketones (excluding diaryl/α,β-unsaturated/α-hetero) is 1. The zero-order valence-electron chi connectivity index (χ0n) is 53.9. The van der Waals surface area contributed by atoms with E-state index >= 15 is 0 Å². The third kappa shape index (κ3) is 20.9. The second-order valence-electron chi connectivity index (χ2n) is 22.7. The highest BCUT2D eigenvalue weighted by atomic mass is 16.5. The van der Waals surface area contributed by atoms with E-state index in [0.29, 0.717) is 58.3 Å². The van der Waals surface area contributed by atoms with Crippen molar-refractivity contribution in [3.05, 3.63) is 117 Å². The fourth-order valence-corrected chi connectivity index (χ4v) is 11.4. The van der Waals surface area contributed by atoms with Gasteiger partial charge in [-0.25, -0.2) is 0 Å². The summed E-state index contributed by atoms with van der Waals surface area (Å²) in [5, 5.41) is 27.1. The quantitative estimate of drug-likeness (QED) is 0.0853. The molecule has 9 N–H and O–H groups in total. The van der Waals surface area contributed by atoms with Gasteiger partial charge in [0.05, 0.1) is 72.9 Å². The number of hydrogen-bond donors (Lipinski definition) is 9. The first-order chi connectivity index (χ1) is 45.0. The van der Waals surface area contributed by atoms with Gasteiger partial charge in [-0.3, -0.25) is 62.8 Å². The van der Waals surface area contributed by atoms with Crippen LogP contribution in [-0.4, -0.2) is 244 Å². The topological polar surface area (TPSA) is 329 Å². The number of hydrogen-bond acceptors (Lipinski definition) is 18. The van der Waals surface area contributed by atoms with Crippen molar-refractivity contribution in [3.8, 4) is 23.0 Å². The van der Waals surface area contributed by atoms with E-state index in [1.165, 1.54) is 35.4 Å². The molecule has 4 aliphatic heterocycles. The van der Waals surface area contributed by atoms with Crippen molar-refractivity contribution in [1.29, 1.82) is 0 Å². The predicted molar refractivity (Wildman–Crippen MR) is 347 cm³/mol. The molecular weight excluding hydrogens is 1200 g/mol. The molecule has 8 rings (SSSR count). The van der Waals surface area contributed by atoms with Gasteiger partial charge in [-0.05, 0) is 81.1 Å². The summed E-state index contributed by atoms with van der Waals surface area (Å²) in [6.07, 6.45) is 2.40. The molecule has 3 unspecified atom stereocenters. The van der Waals surface area contributed by atoms with Crippen LogP contribution >= 0.6 is 0 Å². The SMILES string of the molecule is COc1c2cccc1C(=O)NCCN1CCNC(=O)c3cccc(c3OC)C(=O)NCCN(CCNC2=O)CCN2CCNC(=O)c3cccc(c3OC)C(=O)NCCN(CC1)CC(CCCCNC(=O)CCCC(C)=O)NC(=O)c1cccc(c1OC)C(=O)NCC2. The van der Waals surface area contributed by atoms with Crippen molar-refractivity contribution in [2.24, 2.45) is 0 Å². The smallest absolute Gasteiger partial charge is 0.255 e. The highest BCUT2D eigenvalue weighted by Crippen LogP contribution is 2.28. The first-order valence-corrected chi connectivity index (χ1v) is 31.7. The summed E-state index contributed by atoms with van der Waals surface area (Å²) in [5.41, 5.74) is 0.964. The van der Waals surface area contributed by atoms with Gasteiger partial charge < -0.3 is 71.6 Å². The summed E-state index contributed by atoms with van der Waals surface area (Å²) < 4.78 is 23.1. The molecule has 0 saturated heterocycles. The molecule has 4 aromatic rings. The number of ketones is 1. The van der Waals surface area contributed by atoms with Crippen LogP contribution in [-0.2, 0) is 9.59 Å². The number of fused-ring (bicyclic) bond motifs is 16. The van der Waals surface area contributed by atoms with E-state index in [1.54, 1.807) is 72.8 Å². The van der Waals surface area contributed by atoms with Crippen LogP contribution in [0.5, 0.6) is 23.0 Å². The molecular formula is C66H89N13O14. The van der Waals surface area contributed by atoms with E-state index in [4.69, 9.17) is 18.9 Å². The van der Waals surface area contributed by atoms with Gasteiger partial charge in [0.15, 0.2) is 0 Å². The Balaban J connectivity index is 1.33. The van der Waals surface area contributed by atoms with E-state index in [1.807, 2.05) is 14.7 Å². The number of ether oxygens (including phenoxy) is 4. The van der Waals surface area contributed by atoms with Crippen LogP contribution in [0.15, 0.2) is 72.8 Å². The van der Waals surface area contributed by atoms with E-state index in [2.05, 4.69) is 52.8 Å². The number of carbonyl (C=O) groups is 10. The minimum atomic E-state index is -0.599. The number of amides is 9. The number of carbonyl (C=O) groups excluding carboxylic acids is 10. The molecule has 27 heteroatoms. The molecule has 0 radical (unpaired) electrons. The molecule has 27 nitrogen and oxygen atoms in total. The Bertz CT molecular complexity index is 3200. The third-order valence-corrected chi connectivity index (χ3v) is 16.3. The van der Waals surface area contributed by atoms with Crippen LogP contribution < -0.4 is 66.8 Å². The molecule has 0 saturated carbocycles. The Kier molecular flexibility index (Phi) is 28.2. The molecule has 12 bridgehead atoms. The molecule has 9 amide bonds. The third-order valence-electron chi connectivity index (χ3n) is 16.3. The fourth-order valence-electron chi connectivity index (χ4n) is 11.4. The molecule has 0 aromatic heterocycles. The van der Waals surface area contributed by atoms with Gasteiger partial charge in [0.1, 0.15) is 28.8 Å². The molecule has 4 aliphatic rings. The zero-order valence-corrected chi connectivity index (χ0v) is 53.9. The largest absolute Gasteiger partial charge is 0.495 e. The zero-order chi connectivity index (χ0) is 66.7. The van der Waals surface area contributed by atoms with Crippen LogP contribution in [0.2, 0.25) is 0 Å². The van der Waals surface area contributed by atoms with Crippen molar-refractivity contribution in [2.45, 2.75) is 51.5 Å². The maximum atomic E-state index is 14.8. The van der Waals surface area contributed by atoms with Crippen LogP contribution in [0.25, 0.3) is 0 Å². The average Bonchev–Trinajstić information content (AvgIpc) is 2.62. The summed E-state index contributed by atoms with van der Waals surface area (Å²) in [4.78, 5) is 146. The first-order valence-electron chi connectivity index (χ1n) is 31.7. The number of methoxy groups -OCH3 is 4. The molecule has 0 aliphatic carbocycles. The summed E-state index contributed by atoms with van der Waals surface area (Å²) in [7, 11) is 5.53. The van der Waals surface area contributed by atoms with E-state index < -0.39 is 53.3 Å². The molecule has 502 valence electrons. The molecule has 3 atom stereocenters. The summed E-state index contributed by atoms with van der Waals surface area (Å²) in [6.45, 7) is 5.61. The normalized spacial score (nSPS) is 20.6. The van der Waals surface area contributed by atoms with Gasteiger partial charge in [-0.2, -0.15) is 0 Å². The Labute approximate surface area is 542 Å². The second-order valence-corrected chi connectivity index (χ2v) is 22.7. The van der Waals surface area contributed by atoms with Gasteiger partial charge in [-0.15, -0.1) is 0 Å². The number of rotatable bonds is 13. The maximum Gasteiger partial charge on any atom is 0.255 e. The van der Waals surface area contributed by atoms with Gasteiger partial charge in [0, 0.05) is 150 Å². The molecule has 0 fully saturated rings. The highest BCUT2D eigenvalue weighted by molar-refractivity contribution is 6.07. The minimum Gasteiger partial charge on any atom is -0.495 e. The second kappa shape index (κ2) is 36.8. The van der Waals surface area contributed by atoms with Crippen molar-refractivity contribution in [1.82, 2.24) is 67.5 Å². The van der Waals surface area contributed by atoms with Crippen molar-refractivity contribution in [3.63, 3.8) is 0 Å². The van der Waals surface area contributed by atoms with Crippen LogP contribution in [0.1, 0.15) is 128 Å². The van der Waals surface area contributed by atoms with Crippen LogP contribution in [0.4, 0.5) is 0 Å². The molecule has 4 heterocycles. The van der Waals surface area contributed by atoms with Crippen molar-refractivity contribution < 1.29 is 66.9 Å². The Hall–Kier alpha value is -9.18. The highest BCUT2D eigenvalue weighted by Gasteiger charge is 2.28. The lowest BCUT2D eigenvalue weighted by Gasteiger charge is -2.31. The summed E-state index contributed by atoms with van der Waals surface area (Å²) in [6, 6.07) is 18.3. The Morgan fingerprint density at radius 3 is 0.957 bits per heavy atom. The maximum absolute atomic E-state index is 14.8. The Morgan fingerprint density at radius 2 is 0.667 bits per heavy atom. The average molecular weight is 1290 g/mol. The van der Waals surface area contributed by atoms with Crippen molar-refractivity contribution in [2.75, 3.05) is 159 Å². The number of para-hydroxylation sites is 4. The summed E-state index contributed by atoms with van der Waals surface area (Å²) in [5.74, 6) is -3.95. The standard InChI is InChI=1S/C66H89N13O14/c1-44(80)13-8-23-54(81)67-24-7-6-14-45-43-79-38-31-74-64(87)51-20-11-19-50(57(51)92-4)61(84)70-27-34-77(35-28-73-65(88)52-21-12-22-53(58(52)93-5)66(89)75-45)40-39-76-32-25-68-59(82)46-15-9-17-48(55(46)90-2)62(85)71-29-36-78(41-42-79)37-30-72-63(86)49-18-10-16-47(56(49)91-3)60(83)69-26-33-76/h9-12,15-22,45H,6-8,13-14,23-43H2,1-5H3,(H,67,81)(H,68,82)(H,69,83)(H,70,84)(H,71,85)(H,72,86)(H,73,88)(H,74,87)(H,75,89). The monoisotopic (exact) mass is 1290 g/mol. The lowest BCUT2D eigenvalue weighted by Crippen LogP contribution is -2.49.